The predicted octanol–water partition coefficient (Wildman–Crippen LogP) is 5.10. The number of nitriles is 1. The van der Waals surface area contributed by atoms with Crippen molar-refractivity contribution in [2.45, 2.75) is 31.7 Å². The number of hydrogen-bond acceptors (Lipinski definition) is 2. The molecule has 1 aliphatic carbocycles. The van der Waals surface area contributed by atoms with Crippen LogP contribution in [-0.4, -0.2) is 6.04 Å². The van der Waals surface area contributed by atoms with Crippen molar-refractivity contribution < 1.29 is 0 Å². The zero-order valence-corrected chi connectivity index (χ0v) is 12.9. The lowest BCUT2D eigenvalue weighted by Crippen LogP contribution is -2.31. The monoisotopic (exact) mass is 328 g/mol. The van der Waals surface area contributed by atoms with Gasteiger partial charge in [0.25, 0.3) is 0 Å². The largest absolute Gasteiger partial charge is 0.380 e. The molecule has 2 atom stereocenters. The van der Waals surface area contributed by atoms with Gasteiger partial charge in [-0.1, -0.05) is 53.0 Å². The topological polar surface area (TPSA) is 35.8 Å². The van der Waals surface area contributed by atoms with E-state index < -0.39 is 0 Å². The number of nitrogens with one attached hydrogen (secondary N) is 1. The Morgan fingerprint density at radius 3 is 2.60 bits per heavy atom. The first-order chi connectivity index (χ1) is 9.79. The van der Waals surface area contributed by atoms with Crippen molar-refractivity contribution in [3.8, 4) is 6.07 Å². The van der Waals surface area contributed by atoms with Crippen molar-refractivity contribution >= 4 is 32.4 Å². The van der Waals surface area contributed by atoms with Gasteiger partial charge < -0.3 is 5.32 Å². The molecular weight excluding hydrogens is 312 g/mol. The normalized spacial score (nSPS) is 22.4. The average molecular weight is 329 g/mol. The van der Waals surface area contributed by atoms with E-state index in [2.05, 4.69) is 63.7 Å². The van der Waals surface area contributed by atoms with Gasteiger partial charge in [0.05, 0.1) is 12.0 Å². The van der Waals surface area contributed by atoms with E-state index in [0.29, 0.717) is 0 Å². The highest BCUT2D eigenvalue weighted by molar-refractivity contribution is 9.10. The van der Waals surface area contributed by atoms with E-state index in [4.69, 9.17) is 0 Å². The third-order valence-corrected chi connectivity index (χ3v) is 4.84. The minimum absolute atomic E-state index is 0.131. The fourth-order valence-corrected chi connectivity index (χ4v) is 3.52. The van der Waals surface area contributed by atoms with E-state index in [9.17, 15) is 5.26 Å². The van der Waals surface area contributed by atoms with E-state index in [0.717, 1.165) is 23.0 Å². The molecule has 20 heavy (non-hydrogen) atoms. The summed E-state index contributed by atoms with van der Waals surface area (Å²) in [6.07, 6.45) is 4.49. The van der Waals surface area contributed by atoms with Crippen LogP contribution in [0.3, 0.4) is 0 Å². The molecule has 0 aliphatic heterocycles. The molecule has 2 unspecified atom stereocenters. The van der Waals surface area contributed by atoms with Crippen LogP contribution < -0.4 is 5.32 Å². The highest BCUT2D eigenvalue weighted by Gasteiger charge is 2.25. The Bertz CT molecular complexity index is 660. The lowest BCUT2D eigenvalue weighted by Gasteiger charge is -2.29. The molecule has 2 aromatic carbocycles. The standard InChI is InChI=1S/C17H17BrN2/c18-15-9-10-17(14-7-3-2-6-13(14)15)20-16-8-4-1-5-12(16)11-19/h2-3,6-7,9-10,12,16,20H,1,4-5,8H2. The molecule has 2 aromatic rings. The van der Waals surface area contributed by atoms with Crippen LogP contribution in [0.5, 0.6) is 0 Å². The van der Waals surface area contributed by atoms with Crippen molar-refractivity contribution in [2.24, 2.45) is 5.92 Å². The van der Waals surface area contributed by atoms with Gasteiger partial charge in [-0.3, -0.25) is 0 Å². The molecule has 1 fully saturated rings. The SMILES string of the molecule is N#CC1CCCCC1Nc1ccc(Br)c2ccccc12. The fourth-order valence-electron chi connectivity index (χ4n) is 3.05. The van der Waals surface area contributed by atoms with E-state index in [-0.39, 0.29) is 12.0 Å². The third-order valence-electron chi connectivity index (χ3n) is 4.14. The molecule has 0 bridgehead atoms. The molecule has 1 aliphatic rings. The van der Waals surface area contributed by atoms with Crippen LogP contribution in [0.1, 0.15) is 25.7 Å². The number of fused-ring (bicyclic) bond motifs is 1. The molecule has 0 spiro atoms. The summed E-state index contributed by atoms with van der Waals surface area (Å²) in [5.74, 6) is 0.131. The van der Waals surface area contributed by atoms with Crippen LogP contribution in [0.4, 0.5) is 5.69 Å². The Balaban J connectivity index is 1.95. The molecule has 1 N–H and O–H groups in total. The molecule has 0 heterocycles. The molecule has 2 nitrogen and oxygen atoms in total. The Hall–Kier alpha value is -1.53. The van der Waals surface area contributed by atoms with Gasteiger partial charge in [-0.2, -0.15) is 5.26 Å². The maximum Gasteiger partial charge on any atom is 0.0677 e. The van der Waals surface area contributed by atoms with Gasteiger partial charge in [-0.25, -0.2) is 0 Å². The first kappa shape index (κ1) is 13.5. The maximum absolute atomic E-state index is 9.30. The van der Waals surface area contributed by atoms with E-state index in [1.807, 2.05) is 0 Å². The molecule has 1 saturated carbocycles. The number of rotatable bonds is 2. The van der Waals surface area contributed by atoms with Crippen LogP contribution >= 0.6 is 15.9 Å². The smallest absolute Gasteiger partial charge is 0.0677 e. The second-order valence-corrected chi connectivity index (χ2v) is 6.27. The van der Waals surface area contributed by atoms with Gasteiger partial charge in [0, 0.05) is 21.6 Å². The van der Waals surface area contributed by atoms with Gasteiger partial charge >= 0.3 is 0 Å². The highest BCUT2D eigenvalue weighted by atomic mass is 79.9. The highest BCUT2D eigenvalue weighted by Crippen LogP contribution is 2.33. The van der Waals surface area contributed by atoms with Crippen molar-refractivity contribution in [2.75, 3.05) is 5.32 Å². The average Bonchev–Trinajstić information content (AvgIpc) is 2.51. The summed E-state index contributed by atoms with van der Waals surface area (Å²) in [4.78, 5) is 0. The van der Waals surface area contributed by atoms with Crippen molar-refractivity contribution in [3.63, 3.8) is 0 Å². The molecule has 0 radical (unpaired) electrons. The second kappa shape index (κ2) is 5.85. The zero-order valence-electron chi connectivity index (χ0n) is 11.3. The van der Waals surface area contributed by atoms with Gasteiger partial charge in [0.2, 0.25) is 0 Å². The van der Waals surface area contributed by atoms with E-state index >= 15 is 0 Å². The molecule has 0 amide bonds. The van der Waals surface area contributed by atoms with Gasteiger partial charge in [0.15, 0.2) is 0 Å². The molecule has 3 heteroatoms. The lowest BCUT2D eigenvalue weighted by molar-refractivity contribution is 0.389. The lowest BCUT2D eigenvalue weighted by atomic mass is 9.85. The fraction of sp³-hybridized carbons (Fsp3) is 0.353. The number of anilines is 1. The number of hydrogen-bond donors (Lipinski definition) is 1. The summed E-state index contributed by atoms with van der Waals surface area (Å²) < 4.78 is 1.11. The summed E-state index contributed by atoms with van der Waals surface area (Å²) in [7, 11) is 0. The van der Waals surface area contributed by atoms with Crippen molar-refractivity contribution in [1.29, 1.82) is 5.26 Å². The predicted molar refractivity (Wildman–Crippen MR) is 86.6 cm³/mol. The zero-order chi connectivity index (χ0) is 13.9. The van der Waals surface area contributed by atoms with Crippen LogP contribution in [0.25, 0.3) is 10.8 Å². The van der Waals surface area contributed by atoms with Crippen molar-refractivity contribution in [3.05, 3.63) is 40.9 Å². The summed E-state index contributed by atoms with van der Waals surface area (Å²) in [6, 6.07) is 15.3. The first-order valence-corrected chi connectivity index (χ1v) is 7.92. The quantitative estimate of drug-likeness (QED) is 0.832. The Kier molecular flexibility index (Phi) is 3.93. The second-order valence-electron chi connectivity index (χ2n) is 5.41. The number of halogens is 1. The number of benzene rings is 2. The Labute approximate surface area is 127 Å². The molecule has 102 valence electrons. The van der Waals surface area contributed by atoms with Crippen LogP contribution in [0, 0.1) is 17.2 Å². The van der Waals surface area contributed by atoms with Crippen LogP contribution in [0.2, 0.25) is 0 Å². The van der Waals surface area contributed by atoms with Gasteiger partial charge in [-0.15, -0.1) is 0 Å². The van der Waals surface area contributed by atoms with Crippen LogP contribution in [0.15, 0.2) is 40.9 Å². The van der Waals surface area contributed by atoms with Gasteiger partial charge in [-0.05, 0) is 30.4 Å². The minimum atomic E-state index is 0.131. The Morgan fingerprint density at radius 2 is 1.80 bits per heavy atom. The molecular formula is C17H17BrN2. The summed E-state index contributed by atoms with van der Waals surface area (Å²) >= 11 is 3.60. The van der Waals surface area contributed by atoms with E-state index in [1.54, 1.807) is 0 Å². The summed E-state index contributed by atoms with van der Waals surface area (Å²) in [5, 5.41) is 15.3. The Morgan fingerprint density at radius 1 is 1.05 bits per heavy atom. The summed E-state index contributed by atoms with van der Waals surface area (Å²) in [6.45, 7) is 0. The molecule has 0 saturated heterocycles. The first-order valence-electron chi connectivity index (χ1n) is 7.13. The van der Waals surface area contributed by atoms with E-state index in [1.165, 1.54) is 23.6 Å². The van der Waals surface area contributed by atoms with Crippen molar-refractivity contribution in [1.82, 2.24) is 0 Å². The molecule has 0 aromatic heterocycles. The van der Waals surface area contributed by atoms with Gasteiger partial charge in [0.1, 0.15) is 0 Å². The maximum atomic E-state index is 9.30. The summed E-state index contributed by atoms with van der Waals surface area (Å²) in [5.41, 5.74) is 1.14. The molecule has 3 rings (SSSR count). The minimum Gasteiger partial charge on any atom is -0.380 e. The van der Waals surface area contributed by atoms with Crippen LogP contribution in [-0.2, 0) is 0 Å². The number of nitrogens with zero attached hydrogens (tertiary/aromatic N) is 1. The third kappa shape index (κ3) is 2.53.